The zero-order chi connectivity index (χ0) is 19.3. The van der Waals surface area contributed by atoms with E-state index >= 15 is 0 Å². The molecule has 1 aromatic heterocycles. The monoisotopic (exact) mass is 372 g/mol. The Balaban J connectivity index is 1.43. The van der Waals surface area contributed by atoms with Gasteiger partial charge in [0.25, 0.3) is 5.91 Å². The first kappa shape index (κ1) is 17.3. The lowest BCUT2D eigenvalue weighted by Gasteiger charge is -2.04. The molecule has 8 nitrogen and oxygen atoms in total. The van der Waals surface area contributed by atoms with E-state index in [0.717, 1.165) is 16.3 Å². The Bertz CT molecular complexity index is 1150. The van der Waals surface area contributed by atoms with Gasteiger partial charge in [-0.1, -0.05) is 60.7 Å². The van der Waals surface area contributed by atoms with Gasteiger partial charge in [0.2, 0.25) is 5.82 Å². The number of amides is 1. The summed E-state index contributed by atoms with van der Waals surface area (Å²) in [4.78, 5) is 13.3. The smallest absolute Gasteiger partial charge is 0.263 e. The van der Waals surface area contributed by atoms with Gasteiger partial charge in [0.15, 0.2) is 0 Å². The van der Waals surface area contributed by atoms with Gasteiger partial charge < -0.3 is 5.11 Å². The van der Waals surface area contributed by atoms with Crippen LogP contribution in [0.15, 0.2) is 71.8 Å². The molecule has 1 amide bonds. The lowest BCUT2D eigenvalue weighted by Crippen LogP contribution is -2.24. The number of benzene rings is 3. The molecule has 0 saturated carbocycles. The van der Waals surface area contributed by atoms with E-state index in [2.05, 4.69) is 25.9 Å². The zero-order valence-corrected chi connectivity index (χ0v) is 14.7. The van der Waals surface area contributed by atoms with Gasteiger partial charge in [0.1, 0.15) is 12.3 Å². The number of aromatic hydroxyl groups is 1. The van der Waals surface area contributed by atoms with E-state index < -0.39 is 5.91 Å². The standard InChI is InChI=1S/C20H16N6O2/c27-18-11-10-14-6-4-5-9-16(14)17(18)12-21-22-19(28)13-26-24-20(23-25-26)15-7-2-1-3-8-15/h1-12,27H,13H2,(H,22,28). The van der Waals surface area contributed by atoms with Crippen molar-refractivity contribution in [3.8, 4) is 17.1 Å². The predicted molar refractivity (Wildman–Crippen MR) is 105 cm³/mol. The molecule has 138 valence electrons. The van der Waals surface area contributed by atoms with Crippen molar-refractivity contribution >= 4 is 22.9 Å². The molecule has 4 rings (SSSR count). The van der Waals surface area contributed by atoms with Gasteiger partial charge in [0.05, 0.1) is 6.21 Å². The molecule has 0 unspecified atom stereocenters. The number of hydrogen-bond acceptors (Lipinski definition) is 6. The van der Waals surface area contributed by atoms with Crippen LogP contribution in [0, 0.1) is 0 Å². The first-order chi connectivity index (χ1) is 13.7. The summed E-state index contributed by atoms with van der Waals surface area (Å²) in [5.74, 6) is 0.118. The van der Waals surface area contributed by atoms with Crippen LogP contribution in [0.3, 0.4) is 0 Å². The highest BCUT2D eigenvalue weighted by Crippen LogP contribution is 2.25. The summed E-state index contributed by atoms with van der Waals surface area (Å²) in [5.41, 5.74) is 3.76. The highest BCUT2D eigenvalue weighted by Gasteiger charge is 2.09. The highest BCUT2D eigenvalue weighted by molar-refractivity contribution is 6.02. The minimum absolute atomic E-state index is 0.0853. The van der Waals surface area contributed by atoms with E-state index in [1.807, 2.05) is 60.7 Å². The van der Waals surface area contributed by atoms with Crippen LogP contribution < -0.4 is 5.43 Å². The maximum atomic E-state index is 12.1. The normalized spacial score (nSPS) is 11.1. The third kappa shape index (κ3) is 3.70. The lowest BCUT2D eigenvalue weighted by atomic mass is 10.0. The van der Waals surface area contributed by atoms with Gasteiger partial charge in [-0.25, -0.2) is 5.43 Å². The molecular weight excluding hydrogens is 356 g/mol. The molecule has 0 radical (unpaired) electrons. The van der Waals surface area contributed by atoms with Crippen LogP contribution in [-0.2, 0) is 11.3 Å². The number of nitrogens with zero attached hydrogens (tertiary/aromatic N) is 5. The maximum absolute atomic E-state index is 12.1. The maximum Gasteiger partial charge on any atom is 0.263 e. The highest BCUT2D eigenvalue weighted by atomic mass is 16.3. The van der Waals surface area contributed by atoms with Crippen molar-refractivity contribution in [2.24, 2.45) is 5.10 Å². The number of carbonyl (C=O) groups excluding carboxylic acids is 1. The Morgan fingerprint density at radius 3 is 2.71 bits per heavy atom. The molecule has 8 heteroatoms. The second-order valence-corrected chi connectivity index (χ2v) is 6.02. The summed E-state index contributed by atoms with van der Waals surface area (Å²) in [6.07, 6.45) is 1.42. The number of hydrogen-bond donors (Lipinski definition) is 2. The summed E-state index contributed by atoms with van der Waals surface area (Å²) in [7, 11) is 0. The number of aromatic nitrogens is 4. The molecule has 28 heavy (non-hydrogen) atoms. The average Bonchev–Trinajstić information content (AvgIpc) is 3.19. The van der Waals surface area contributed by atoms with Gasteiger partial charge in [-0.05, 0) is 22.1 Å². The van der Waals surface area contributed by atoms with E-state index in [1.165, 1.54) is 11.0 Å². The van der Waals surface area contributed by atoms with Crippen LogP contribution in [-0.4, -0.2) is 37.4 Å². The first-order valence-electron chi connectivity index (χ1n) is 8.56. The Labute approximate surface area is 160 Å². The molecular formula is C20H16N6O2. The molecule has 0 atom stereocenters. The molecule has 3 aromatic carbocycles. The fraction of sp³-hybridized carbons (Fsp3) is 0.0500. The lowest BCUT2D eigenvalue weighted by molar-refractivity contribution is -0.122. The number of fused-ring (bicyclic) bond motifs is 1. The topological polar surface area (TPSA) is 105 Å². The van der Waals surface area contributed by atoms with Crippen molar-refractivity contribution in [2.75, 3.05) is 0 Å². The largest absolute Gasteiger partial charge is 0.507 e. The van der Waals surface area contributed by atoms with Crippen LogP contribution in [0.25, 0.3) is 22.2 Å². The number of tetrazole rings is 1. The summed E-state index contributed by atoms with van der Waals surface area (Å²) >= 11 is 0. The van der Waals surface area contributed by atoms with E-state index in [-0.39, 0.29) is 12.3 Å². The number of rotatable bonds is 5. The summed E-state index contributed by atoms with van der Waals surface area (Å²) in [6.45, 7) is -0.126. The van der Waals surface area contributed by atoms with Crippen LogP contribution in [0.4, 0.5) is 0 Å². The molecule has 1 heterocycles. The van der Waals surface area contributed by atoms with Gasteiger partial charge in [-0.3, -0.25) is 4.79 Å². The Morgan fingerprint density at radius 2 is 1.86 bits per heavy atom. The first-order valence-corrected chi connectivity index (χ1v) is 8.56. The number of carbonyl (C=O) groups is 1. The second-order valence-electron chi connectivity index (χ2n) is 6.02. The summed E-state index contributed by atoms with van der Waals surface area (Å²) in [5, 5.41) is 27.8. The molecule has 2 N–H and O–H groups in total. The number of phenolic OH excluding ortho intramolecular Hbond substituents is 1. The summed E-state index contributed by atoms with van der Waals surface area (Å²) in [6, 6.07) is 20.4. The van der Waals surface area contributed by atoms with E-state index in [1.54, 1.807) is 6.07 Å². The van der Waals surface area contributed by atoms with Gasteiger partial charge in [0, 0.05) is 11.1 Å². The number of nitrogens with one attached hydrogen (secondary N) is 1. The van der Waals surface area contributed by atoms with Crippen LogP contribution in [0.2, 0.25) is 0 Å². The fourth-order valence-electron chi connectivity index (χ4n) is 2.77. The molecule has 0 aliphatic rings. The van der Waals surface area contributed by atoms with Crippen molar-refractivity contribution in [3.05, 3.63) is 72.3 Å². The van der Waals surface area contributed by atoms with Crippen molar-refractivity contribution < 1.29 is 9.90 Å². The van der Waals surface area contributed by atoms with Gasteiger partial charge >= 0.3 is 0 Å². The minimum atomic E-state index is -0.409. The summed E-state index contributed by atoms with van der Waals surface area (Å²) < 4.78 is 0. The molecule has 0 bridgehead atoms. The van der Waals surface area contributed by atoms with E-state index in [0.29, 0.717) is 11.4 Å². The Morgan fingerprint density at radius 1 is 1.07 bits per heavy atom. The fourth-order valence-corrected chi connectivity index (χ4v) is 2.77. The van der Waals surface area contributed by atoms with Crippen LogP contribution >= 0.6 is 0 Å². The Hall–Kier alpha value is -4.07. The molecule has 0 aliphatic heterocycles. The molecule has 0 fully saturated rings. The molecule has 0 saturated heterocycles. The van der Waals surface area contributed by atoms with Crippen molar-refractivity contribution in [1.82, 2.24) is 25.6 Å². The molecule has 0 aliphatic carbocycles. The van der Waals surface area contributed by atoms with E-state index in [9.17, 15) is 9.90 Å². The third-order valence-electron chi connectivity index (χ3n) is 4.10. The van der Waals surface area contributed by atoms with Crippen molar-refractivity contribution in [3.63, 3.8) is 0 Å². The average molecular weight is 372 g/mol. The number of phenols is 1. The number of hydrazone groups is 1. The van der Waals surface area contributed by atoms with Crippen molar-refractivity contribution in [1.29, 1.82) is 0 Å². The van der Waals surface area contributed by atoms with Crippen LogP contribution in [0.5, 0.6) is 5.75 Å². The molecule has 4 aromatic rings. The third-order valence-corrected chi connectivity index (χ3v) is 4.10. The predicted octanol–water partition coefficient (Wildman–Crippen LogP) is 2.35. The van der Waals surface area contributed by atoms with Gasteiger partial charge in [-0.15, -0.1) is 10.2 Å². The second kappa shape index (κ2) is 7.67. The van der Waals surface area contributed by atoms with Gasteiger partial charge in [-0.2, -0.15) is 9.90 Å². The van der Waals surface area contributed by atoms with Crippen LogP contribution in [0.1, 0.15) is 5.56 Å². The van der Waals surface area contributed by atoms with E-state index in [4.69, 9.17) is 0 Å². The SMILES string of the molecule is O=C(Cn1nnc(-c2ccccc2)n1)NN=Cc1c(O)ccc2ccccc12. The molecule has 0 spiro atoms. The Kier molecular flexibility index (Phi) is 4.75. The zero-order valence-electron chi connectivity index (χ0n) is 14.7. The minimum Gasteiger partial charge on any atom is -0.507 e. The quantitative estimate of drug-likeness (QED) is 0.413. The van der Waals surface area contributed by atoms with Crippen molar-refractivity contribution in [2.45, 2.75) is 6.54 Å².